The summed E-state index contributed by atoms with van der Waals surface area (Å²) in [6.45, 7) is 8.77. The molecule has 0 aliphatic heterocycles. The topological polar surface area (TPSA) is 61.8 Å². The Balaban J connectivity index is 0.00000784. The SMILES string of the molecule is CCN(CC)CCCC(C)NC(=NC)NCc1ccc(OCC(F)(F)F)nc1.I. The zero-order valence-electron chi connectivity index (χ0n) is 17.6. The first-order chi connectivity index (χ1) is 13.3. The predicted molar refractivity (Wildman–Crippen MR) is 121 cm³/mol. The minimum atomic E-state index is -4.37. The fourth-order valence-corrected chi connectivity index (χ4v) is 2.60. The van der Waals surface area contributed by atoms with Crippen LogP contribution < -0.4 is 15.4 Å². The van der Waals surface area contributed by atoms with E-state index < -0.39 is 12.8 Å². The Kier molecular flexibility index (Phi) is 14.0. The van der Waals surface area contributed by atoms with E-state index >= 15 is 0 Å². The van der Waals surface area contributed by atoms with E-state index in [9.17, 15) is 13.2 Å². The molecular weight excluding hydrogens is 498 g/mol. The molecule has 1 aromatic heterocycles. The predicted octanol–water partition coefficient (Wildman–Crippen LogP) is 3.82. The molecule has 0 saturated heterocycles. The van der Waals surface area contributed by atoms with Crippen molar-refractivity contribution in [2.24, 2.45) is 4.99 Å². The standard InChI is InChI=1S/C19H32F3N5O.HI/c1-5-27(6-2)11-7-8-15(3)26-18(23-4)25-13-16-9-10-17(24-12-16)28-14-19(20,21)22;/h9-10,12,15H,5-8,11,13-14H2,1-4H3,(H2,23,25,26);1H. The van der Waals surface area contributed by atoms with Gasteiger partial charge in [0.15, 0.2) is 12.6 Å². The number of hydrogen-bond donors (Lipinski definition) is 2. The van der Waals surface area contributed by atoms with Gasteiger partial charge >= 0.3 is 6.18 Å². The van der Waals surface area contributed by atoms with E-state index in [4.69, 9.17) is 0 Å². The van der Waals surface area contributed by atoms with Crippen molar-refractivity contribution in [3.8, 4) is 5.88 Å². The second kappa shape index (κ2) is 14.6. The fourth-order valence-electron chi connectivity index (χ4n) is 2.60. The molecule has 0 aliphatic carbocycles. The van der Waals surface area contributed by atoms with Gasteiger partial charge in [-0.3, -0.25) is 4.99 Å². The molecule has 2 N–H and O–H groups in total. The zero-order chi connectivity index (χ0) is 21.0. The quantitative estimate of drug-likeness (QED) is 0.259. The largest absolute Gasteiger partial charge is 0.468 e. The highest BCUT2D eigenvalue weighted by Gasteiger charge is 2.28. The minimum absolute atomic E-state index is 0. The number of aliphatic imine (C=N–C) groups is 1. The molecule has 0 spiro atoms. The molecule has 0 fully saturated rings. The van der Waals surface area contributed by atoms with Crippen molar-refractivity contribution in [2.75, 3.05) is 33.3 Å². The summed E-state index contributed by atoms with van der Waals surface area (Å²) in [6, 6.07) is 3.37. The molecule has 0 bridgehead atoms. The Hall–Kier alpha value is -1.30. The van der Waals surface area contributed by atoms with Gasteiger partial charge in [0, 0.05) is 31.9 Å². The van der Waals surface area contributed by atoms with Gasteiger partial charge in [-0.25, -0.2) is 4.98 Å². The van der Waals surface area contributed by atoms with Crippen LogP contribution in [0.15, 0.2) is 23.3 Å². The second-order valence-corrected chi connectivity index (χ2v) is 6.55. The van der Waals surface area contributed by atoms with Gasteiger partial charge in [-0.1, -0.05) is 19.9 Å². The van der Waals surface area contributed by atoms with Crippen molar-refractivity contribution >= 4 is 29.9 Å². The number of nitrogens with zero attached hydrogens (tertiary/aromatic N) is 3. The van der Waals surface area contributed by atoms with E-state index in [-0.39, 0.29) is 35.9 Å². The molecule has 29 heavy (non-hydrogen) atoms. The third kappa shape index (κ3) is 12.8. The van der Waals surface area contributed by atoms with Crippen LogP contribution in [0.25, 0.3) is 0 Å². The van der Waals surface area contributed by atoms with E-state index in [2.05, 4.69) is 51.0 Å². The lowest BCUT2D eigenvalue weighted by Gasteiger charge is -2.21. The Labute approximate surface area is 188 Å². The van der Waals surface area contributed by atoms with Gasteiger partial charge in [0.05, 0.1) is 0 Å². The van der Waals surface area contributed by atoms with Crippen LogP contribution in [-0.2, 0) is 6.54 Å². The van der Waals surface area contributed by atoms with Gasteiger partial charge in [-0.15, -0.1) is 24.0 Å². The van der Waals surface area contributed by atoms with Crippen LogP contribution >= 0.6 is 24.0 Å². The molecular formula is C19H33F3IN5O. The van der Waals surface area contributed by atoms with Gasteiger partial charge in [0.1, 0.15) is 0 Å². The summed E-state index contributed by atoms with van der Waals surface area (Å²) in [5.41, 5.74) is 0.816. The van der Waals surface area contributed by atoms with E-state index in [1.807, 2.05) is 0 Å². The van der Waals surface area contributed by atoms with Crippen LogP contribution in [0.4, 0.5) is 13.2 Å². The molecule has 1 unspecified atom stereocenters. The average Bonchev–Trinajstić information content (AvgIpc) is 2.67. The molecule has 1 atom stereocenters. The first-order valence-electron chi connectivity index (χ1n) is 9.61. The number of ether oxygens (including phenoxy) is 1. The molecule has 0 amide bonds. The number of aromatic nitrogens is 1. The molecule has 6 nitrogen and oxygen atoms in total. The van der Waals surface area contributed by atoms with Crippen molar-refractivity contribution in [1.82, 2.24) is 20.5 Å². The normalized spacial score (nSPS) is 13.0. The van der Waals surface area contributed by atoms with Crippen LogP contribution in [0.1, 0.15) is 39.2 Å². The third-order valence-corrected chi connectivity index (χ3v) is 4.25. The molecule has 168 valence electrons. The summed E-state index contributed by atoms with van der Waals surface area (Å²) < 4.78 is 41.0. The third-order valence-electron chi connectivity index (χ3n) is 4.25. The average molecular weight is 531 g/mol. The van der Waals surface area contributed by atoms with Crippen molar-refractivity contribution in [3.63, 3.8) is 0 Å². The van der Waals surface area contributed by atoms with Crippen LogP contribution in [0.2, 0.25) is 0 Å². The van der Waals surface area contributed by atoms with Crippen molar-refractivity contribution in [1.29, 1.82) is 0 Å². The first kappa shape index (κ1) is 27.7. The summed E-state index contributed by atoms with van der Waals surface area (Å²) in [4.78, 5) is 10.5. The Morgan fingerprint density at radius 3 is 2.48 bits per heavy atom. The Bertz CT molecular complexity index is 580. The lowest BCUT2D eigenvalue weighted by molar-refractivity contribution is -0.154. The Morgan fingerprint density at radius 2 is 1.97 bits per heavy atom. The Morgan fingerprint density at radius 1 is 1.28 bits per heavy atom. The van der Waals surface area contributed by atoms with E-state index in [0.29, 0.717) is 12.5 Å². The fraction of sp³-hybridized carbons (Fsp3) is 0.684. The number of pyridine rings is 1. The highest BCUT2D eigenvalue weighted by Crippen LogP contribution is 2.17. The summed E-state index contributed by atoms with van der Waals surface area (Å²) in [5.74, 6) is 0.623. The highest BCUT2D eigenvalue weighted by atomic mass is 127. The summed E-state index contributed by atoms with van der Waals surface area (Å²) >= 11 is 0. The second-order valence-electron chi connectivity index (χ2n) is 6.55. The number of guanidine groups is 1. The van der Waals surface area contributed by atoms with E-state index in [1.165, 1.54) is 12.3 Å². The lowest BCUT2D eigenvalue weighted by Crippen LogP contribution is -2.42. The molecule has 10 heteroatoms. The maximum Gasteiger partial charge on any atom is 0.422 e. The molecule has 0 radical (unpaired) electrons. The zero-order valence-corrected chi connectivity index (χ0v) is 19.9. The summed E-state index contributed by atoms with van der Waals surface area (Å²) in [5, 5.41) is 6.53. The molecule has 1 aromatic rings. The van der Waals surface area contributed by atoms with Gasteiger partial charge < -0.3 is 20.3 Å². The van der Waals surface area contributed by atoms with Crippen molar-refractivity contribution in [2.45, 2.75) is 52.4 Å². The number of nitrogens with one attached hydrogen (secondary N) is 2. The summed E-state index contributed by atoms with van der Waals surface area (Å²) in [6.07, 6.45) is -0.748. The number of rotatable bonds is 11. The van der Waals surface area contributed by atoms with Crippen LogP contribution in [0, 0.1) is 0 Å². The van der Waals surface area contributed by atoms with Crippen LogP contribution in [0.5, 0.6) is 5.88 Å². The van der Waals surface area contributed by atoms with E-state index in [1.54, 1.807) is 13.1 Å². The molecule has 1 heterocycles. The highest BCUT2D eigenvalue weighted by molar-refractivity contribution is 14.0. The lowest BCUT2D eigenvalue weighted by atomic mass is 10.2. The minimum Gasteiger partial charge on any atom is -0.468 e. The number of hydrogen-bond acceptors (Lipinski definition) is 4. The van der Waals surface area contributed by atoms with Crippen LogP contribution in [-0.4, -0.2) is 61.4 Å². The number of alkyl halides is 3. The smallest absolute Gasteiger partial charge is 0.422 e. The van der Waals surface area contributed by atoms with Crippen molar-refractivity contribution < 1.29 is 17.9 Å². The van der Waals surface area contributed by atoms with Gasteiger partial charge in [0.25, 0.3) is 0 Å². The van der Waals surface area contributed by atoms with E-state index in [0.717, 1.165) is 38.0 Å². The molecule has 0 aromatic carbocycles. The monoisotopic (exact) mass is 531 g/mol. The first-order valence-corrected chi connectivity index (χ1v) is 9.61. The maximum atomic E-state index is 12.1. The van der Waals surface area contributed by atoms with Gasteiger partial charge in [-0.05, 0) is 45.0 Å². The molecule has 0 saturated carbocycles. The number of halogens is 4. The molecule has 0 aliphatic rings. The molecule has 1 rings (SSSR count). The maximum absolute atomic E-state index is 12.1. The van der Waals surface area contributed by atoms with Crippen molar-refractivity contribution in [3.05, 3.63) is 23.9 Å². The van der Waals surface area contributed by atoms with Gasteiger partial charge in [0.2, 0.25) is 5.88 Å². The summed E-state index contributed by atoms with van der Waals surface area (Å²) in [7, 11) is 1.70. The van der Waals surface area contributed by atoms with Crippen LogP contribution in [0.3, 0.4) is 0 Å². The van der Waals surface area contributed by atoms with Gasteiger partial charge in [-0.2, -0.15) is 13.2 Å².